The molecule has 0 radical (unpaired) electrons. The molecule has 1 aromatic heterocycles. The van der Waals surface area contributed by atoms with E-state index >= 15 is 0 Å². The highest BCUT2D eigenvalue weighted by molar-refractivity contribution is 7.16. The zero-order valence-electron chi connectivity index (χ0n) is 11.0. The number of hydrogen-bond acceptors (Lipinski definition) is 4. The lowest BCUT2D eigenvalue weighted by atomic mass is 10.2. The maximum absolute atomic E-state index is 11.8. The van der Waals surface area contributed by atoms with Gasteiger partial charge in [-0.15, -0.1) is 11.3 Å². The van der Waals surface area contributed by atoms with Gasteiger partial charge in [-0.25, -0.2) is 4.79 Å². The molecule has 1 heterocycles. The monoisotopic (exact) mass is 269 g/mol. The second-order valence-electron chi connectivity index (χ2n) is 3.83. The molecular weight excluding hydrogens is 250 g/mol. The van der Waals surface area contributed by atoms with Crippen molar-refractivity contribution < 1.29 is 14.3 Å². The van der Waals surface area contributed by atoms with Crippen LogP contribution in [0.15, 0.2) is 6.07 Å². The van der Waals surface area contributed by atoms with Crippen LogP contribution in [0.25, 0.3) is 0 Å². The molecule has 0 bridgehead atoms. The Morgan fingerprint density at radius 2 is 2.06 bits per heavy atom. The molecule has 18 heavy (non-hydrogen) atoms. The van der Waals surface area contributed by atoms with Crippen LogP contribution >= 0.6 is 11.3 Å². The van der Waals surface area contributed by atoms with Gasteiger partial charge < -0.3 is 10.1 Å². The number of ether oxygens (including phenoxy) is 1. The second-order valence-corrected chi connectivity index (χ2v) is 4.96. The van der Waals surface area contributed by atoms with Gasteiger partial charge in [0.2, 0.25) is 5.91 Å². The normalized spacial score (nSPS) is 10.2. The van der Waals surface area contributed by atoms with Gasteiger partial charge in [0, 0.05) is 11.3 Å². The summed E-state index contributed by atoms with van der Waals surface area (Å²) in [7, 11) is 0. The lowest BCUT2D eigenvalue weighted by Gasteiger charge is -2.05. The molecule has 1 N–H and O–H groups in total. The highest BCUT2D eigenvalue weighted by Crippen LogP contribution is 2.29. The van der Waals surface area contributed by atoms with Gasteiger partial charge in [0.05, 0.1) is 12.2 Å². The van der Waals surface area contributed by atoms with E-state index in [2.05, 4.69) is 5.32 Å². The van der Waals surface area contributed by atoms with Crippen molar-refractivity contribution in [1.29, 1.82) is 0 Å². The Morgan fingerprint density at radius 1 is 1.33 bits per heavy atom. The molecule has 0 fully saturated rings. The fraction of sp³-hybridized carbons (Fsp3) is 0.538. The molecule has 0 saturated heterocycles. The molecule has 0 aliphatic heterocycles. The number of amides is 1. The van der Waals surface area contributed by atoms with E-state index in [1.165, 1.54) is 11.3 Å². The van der Waals surface area contributed by atoms with E-state index in [4.69, 9.17) is 4.74 Å². The number of carbonyl (C=O) groups is 2. The topological polar surface area (TPSA) is 55.4 Å². The molecule has 1 aromatic rings. The van der Waals surface area contributed by atoms with E-state index in [1.807, 2.05) is 13.8 Å². The SMILES string of the molecule is CCCC(=O)Nc1sc(CC)cc1C(=O)OCC. The average Bonchev–Trinajstić information content (AvgIpc) is 2.73. The fourth-order valence-electron chi connectivity index (χ4n) is 1.49. The minimum atomic E-state index is -0.375. The molecule has 0 aromatic carbocycles. The number of esters is 1. The van der Waals surface area contributed by atoms with E-state index in [0.717, 1.165) is 17.7 Å². The van der Waals surface area contributed by atoms with Crippen LogP contribution in [0.1, 0.15) is 48.8 Å². The van der Waals surface area contributed by atoms with E-state index in [1.54, 1.807) is 13.0 Å². The predicted octanol–water partition coefficient (Wildman–Crippen LogP) is 3.23. The molecule has 5 heteroatoms. The summed E-state index contributed by atoms with van der Waals surface area (Å²) in [5.41, 5.74) is 0.461. The third-order valence-electron chi connectivity index (χ3n) is 2.36. The lowest BCUT2D eigenvalue weighted by molar-refractivity contribution is -0.116. The summed E-state index contributed by atoms with van der Waals surface area (Å²) < 4.78 is 4.98. The quantitative estimate of drug-likeness (QED) is 0.807. The Kier molecular flexibility index (Phi) is 5.85. The van der Waals surface area contributed by atoms with Gasteiger partial charge in [-0.3, -0.25) is 4.79 Å². The van der Waals surface area contributed by atoms with Crippen molar-refractivity contribution in [3.63, 3.8) is 0 Å². The molecule has 4 nitrogen and oxygen atoms in total. The van der Waals surface area contributed by atoms with Gasteiger partial charge >= 0.3 is 5.97 Å². The Balaban J connectivity index is 2.90. The van der Waals surface area contributed by atoms with Crippen molar-refractivity contribution in [3.8, 4) is 0 Å². The first-order chi connectivity index (χ1) is 8.62. The minimum Gasteiger partial charge on any atom is -0.462 e. The zero-order chi connectivity index (χ0) is 13.5. The van der Waals surface area contributed by atoms with Gasteiger partial charge in [0.1, 0.15) is 5.00 Å². The lowest BCUT2D eigenvalue weighted by Crippen LogP contribution is -2.13. The van der Waals surface area contributed by atoms with Crippen molar-refractivity contribution in [2.24, 2.45) is 0 Å². The number of nitrogens with one attached hydrogen (secondary N) is 1. The summed E-state index contributed by atoms with van der Waals surface area (Å²) in [5.74, 6) is -0.437. The molecule has 0 saturated carbocycles. The van der Waals surface area contributed by atoms with Crippen LogP contribution in [0, 0.1) is 0 Å². The molecular formula is C13H19NO3S. The largest absolute Gasteiger partial charge is 0.462 e. The van der Waals surface area contributed by atoms with Crippen molar-refractivity contribution in [2.75, 3.05) is 11.9 Å². The van der Waals surface area contributed by atoms with Crippen molar-refractivity contribution >= 4 is 28.2 Å². The molecule has 100 valence electrons. The first-order valence-electron chi connectivity index (χ1n) is 6.22. The van der Waals surface area contributed by atoms with Gasteiger partial charge in [-0.05, 0) is 25.8 Å². The Labute approximate surface area is 111 Å². The maximum Gasteiger partial charge on any atom is 0.341 e. The Bertz CT molecular complexity index is 426. The number of thiophene rings is 1. The van der Waals surface area contributed by atoms with Crippen LogP contribution in [0.4, 0.5) is 5.00 Å². The summed E-state index contributed by atoms with van der Waals surface area (Å²) >= 11 is 1.44. The molecule has 0 aliphatic carbocycles. The van der Waals surface area contributed by atoms with Gasteiger partial charge in [0.15, 0.2) is 0 Å². The average molecular weight is 269 g/mol. The first-order valence-corrected chi connectivity index (χ1v) is 7.03. The summed E-state index contributed by atoms with van der Waals surface area (Å²) in [6.07, 6.45) is 2.08. The molecule has 0 unspecified atom stereocenters. The van der Waals surface area contributed by atoms with Crippen molar-refractivity contribution in [2.45, 2.75) is 40.0 Å². The third kappa shape index (κ3) is 3.84. The van der Waals surface area contributed by atoms with Crippen molar-refractivity contribution in [3.05, 3.63) is 16.5 Å². The van der Waals surface area contributed by atoms with Crippen LogP contribution in [-0.4, -0.2) is 18.5 Å². The van der Waals surface area contributed by atoms with Gasteiger partial charge in [-0.1, -0.05) is 13.8 Å². The molecule has 0 atom stereocenters. The Hall–Kier alpha value is -1.36. The number of carbonyl (C=O) groups excluding carboxylic acids is 2. The van der Waals surface area contributed by atoms with Crippen LogP contribution in [0.2, 0.25) is 0 Å². The van der Waals surface area contributed by atoms with E-state index in [0.29, 0.717) is 23.6 Å². The van der Waals surface area contributed by atoms with Crippen LogP contribution in [0.5, 0.6) is 0 Å². The summed E-state index contributed by atoms with van der Waals surface area (Å²) in [5, 5.41) is 3.38. The second kappa shape index (κ2) is 7.16. The summed E-state index contributed by atoms with van der Waals surface area (Å²) in [6.45, 7) is 6.05. The van der Waals surface area contributed by atoms with E-state index in [-0.39, 0.29) is 11.9 Å². The van der Waals surface area contributed by atoms with E-state index < -0.39 is 0 Å². The Morgan fingerprint density at radius 3 is 2.61 bits per heavy atom. The highest BCUT2D eigenvalue weighted by atomic mass is 32.1. The summed E-state index contributed by atoms with van der Waals surface area (Å²) in [6, 6.07) is 1.80. The molecule has 0 spiro atoms. The third-order valence-corrected chi connectivity index (χ3v) is 3.55. The summed E-state index contributed by atoms with van der Waals surface area (Å²) in [4.78, 5) is 24.4. The highest BCUT2D eigenvalue weighted by Gasteiger charge is 2.18. The van der Waals surface area contributed by atoms with E-state index in [9.17, 15) is 9.59 Å². The molecule has 1 amide bonds. The fourth-order valence-corrected chi connectivity index (χ4v) is 2.49. The zero-order valence-corrected chi connectivity index (χ0v) is 11.9. The molecule has 0 aliphatic rings. The number of anilines is 1. The van der Waals surface area contributed by atoms with Crippen LogP contribution in [0.3, 0.4) is 0 Å². The van der Waals surface area contributed by atoms with Crippen LogP contribution in [-0.2, 0) is 16.0 Å². The predicted molar refractivity (Wildman–Crippen MR) is 73.2 cm³/mol. The minimum absolute atomic E-state index is 0.0625. The smallest absolute Gasteiger partial charge is 0.341 e. The number of hydrogen-bond donors (Lipinski definition) is 1. The number of aryl methyl sites for hydroxylation is 1. The number of rotatable bonds is 6. The van der Waals surface area contributed by atoms with Gasteiger partial charge in [-0.2, -0.15) is 0 Å². The maximum atomic E-state index is 11.8. The van der Waals surface area contributed by atoms with Crippen LogP contribution < -0.4 is 5.32 Å². The standard InChI is InChI=1S/C13H19NO3S/c1-4-7-11(15)14-12-10(13(16)17-6-3)8-9(5-2)18-12/h8H,4-7H2,1-3H3,(H,14,15). The van der Waals surface area contributed by atoms with Gasteiger partial charge in [0.25, 0.3) is 0 Å². The first kappa shape index (κ1) is 14.7. The molecule has 1 rings (SSSR count). The van der Waals surface area contributed by atoms with Crippen molar-refractivity contribution in [1.82, 2.24) is 0 Å².